The lowest BCUT2D eigenvalue weighted by Gasteiger charge is -2.34. The van der Waals surface area contributed by atoms with Gasteiger partial charge in [-0.05, 0) is 58.6 Å². The van der Waals surface area contributed by atoms with Gasteiger partial charge in [0.15, 0.2) is 0 Å². The number of benzene rings is 2. The lowest BCUT2D eigenvalue weighted by molar-refractivity contribution is 0.0253. The number of nitrogens with two attached hydrogens (primary N) is 1. The van der Waals surface area contributed by atoms with Crippen molar-refractivity contribution in [3.8, 4) is 0 Å². The Morgan fingerprint density at radius 2 is 1.93 bits per heavy atom. The van der Waals surface area contributed by atoms with E-state index in [1.54, 1.807) is 18.2 Å². The number of aliphatic hydroxyl groups excluding tert-OH is 1. The van der Waals surface area contributed by atoms with E-state index in [1.165, 1.54) is 32.1 Å². The van der Waals surface area contributed by atoms with E-state index in [4.69, 9.17) is 10.5 Å². The van der Waals surface area contributed by atoms with Gasteiger partial charge in [-0.3, -0.25) is 4.90 Å². The van der Waals surface area contributed by atoms with Crippen LogP contribution in [-0.2, 0) is 11.3 Å². The monoisotopic (exact) mass is 474 g/mol. The number of ether oxygens (including phenoxy) is 1. The standard InChI is InChI=1S/C24H31BrN2O3/c1-2-27(20-11-7-4-8-12-20)15-19-13-18(14-21(25)23(19)26)24(29)30-16-22(28)17-9-5-3-6-10-17/h3,5-6,9-10,13-14,20,22,28H,2,4,7-8,11-12,15-16,26H2,1H3. The van der Waals surface area contributed by atoms with Crippen molar-refractivity contribution in [3.63, 3.8) is 0 Å². The summed E-state index contributed by atoms with van der Waals surface area (Å²) in [6, 6.07) is 13.3. The third-order valence-electron chi connectivity index (χ3n) is 5.88. The van der Waals surface area contributed by atoms with Crippen molar-refractivity contribution in [3.05, 3.63) is 63.6 Å². The van der Waals surface area contributed by atoms with E-state index in [0.717, 1.165) is 17.7 Å². The summed E-state index contributed by atoms with van der Waals surface area (Å²) < 4.78 is 6.07. The molecule has 0 amide bonds. The molecule has 1 aliphatic rings. The molecular weight excluding hydrogens is 444 g/mol. The first-order valence-electron chi connectivity index (χ1n) is 10.7. The number of nitrogen functional groups attached to an aromatic ring is 1. The second-order valence-electron chi connectivity index (χ2n) is 7.91. The van der Waals surface area contributed by atoms with Crippen LogP contribution >= 0.6 is 15.9 Å². The van der Waals surface area contributed by atoms with Gasteiger partial charge in [0.05, 0.1) is 11.3 Å². The third kappa shape index (κ3) is 5.84. The number of anilines is 1. The van der Waals surface area contributed by atoms with Gasteiger partial charge in [0.25, 0.3) is 0 Å². The van der Waals surface area contributed by atoms with Crippen LogP contribution in [0.3, 0.4) is 0 Å². The Hall–Kier alpha value is -1.89. The molecule has 1 saturated carbocycles. The summed E-state index contributed by atoms with van der Waals surface area (Å²) in [4.78, 5) is 15.1. The molecule has 3 N–H and O–H groups in total. The summed E-state index contributed by atoms with van der Waals surface area (Å²) in [5.74, 6) is -0.465. The van der Waals surface area contributed by atoms with E-state index >= 15 is 0 Å². The molecule has 0 aliphatic heterocycles. The Labute approximate surface area is 187 Å². The van der Waals surface area contributed by atoms with Crippen LogP contribution in [0.4, 0.5) is 5.69 Å². The Morgan fingerprint density at radius 3 is 2.60 bits per heavy atom. The van der Waals surface area contributed by atoms with E-state index in [2.05, 4.69) is 27.8 Å². The zero-order valence-electron chi connectivity index (χ0n) is 17.5. The average Bonchev–Trinajstić information content (AvgIpc) is 2.79. The molecule has 1 fully saturated rings. The number of carbonyl (C=O) groups excluding carboxylic acids is 1. The molecule has 0 radical (unpaired) electrons. The first-order chi connectivity index (χ1) is 14.5. The lowest BCUT2D eigenvalue weighted by Crippen LogP contribution is -2.36. The minimum Gasteiger partial charge on any atom is -0.459 e. The van der Waals surface area contributed by atoms with Gasteiger partial charge in [-0.15, -0.1) is 0 Å². The van der Waals surface area contributed by atoms with E-state index in [-0.39, 0.29) is 6.61 Å². The van der Waals surface area contributed by atoms with Gasteiger partial charge >= 0.3 is 5.97 Å². The molecule has 0 aromatic heterocycles. The Balaban J connectivity index is 1.69. The molecule has 30 heavy (non-hydrogen) atoms. The van der Waals surface area contributed by atoms with Crippen LogP contribution in [0.15, 0.2) is 46.9 Å². The molecule has 1 aliphatic carbocycles. The molecule has 2 aromatic rings. The predicted molar refractivity (Wildman–Crippen MR) is 123 cm³/mol. The first-order valence-corrected chi connectivity index (χ1v) is 11.5. The van der Waals surface area contributed by atoms with Crippen LogP contribution in [0.2, 0.25) is 0 Å². The fourth-order valence-electron chi connectivity index (χ4n) is 4.10. The molecule has 6 heteroatoms. The second kappa shape index (κ2) is 10.9. The highest BCUT2D eigenvalue weighted by Crippen LogP contribution is 2.30. The fraction of sp³-hybridized carbons (Fsp3) is 0.458. The highest BCUT2D eigenvalue weighted by molar-refractivity contribution is 9.10. The molecule has 0 saturated heterocycles. The zero-order chi connectivity index (χ0) is 21.5. The van der Waals surface area contributed by atoms with Crippen molar-refractivity contribution < 1.29 is 14.6 Å². The number of nitrogens with zero attached hydrogens (tertiary/aromatic N) is 1. The van der Waals surface area contributed by atoms with Crippen LogP contribution in [0.1, 0.15) is 66.6 Å². The molecule has 0 bridgehead atoms. The highest BCUT2D eigenvalue weighted by Gasteiger charge is 2.22. The zero-order valence-corrected chi connectivity index (χ0v) is 19.1. The maximum Gasteiger partial charge on any atom is 0.338 e. The Morgan fingerprint density at radius 1 is 1.23 bits per heavy atom. The van der Waals surface area contributed by atoms with Crippen molar-refractivity contribution in [2.24, 2.45) is 0 Å². The molecule has 0 heterocycles. The summed E-state index contributed by atoms with van der Waals surface area (Å²) in [6.45, 7) is 3.73. The van der Waals surface area contributed by atoms with Gasteiger partial charge < -0.3 is 15.6 Å². The molecule has 3 rings (SSSR count). The number of hydrogen-bond acceptors (Lipinski definition) is 5. The van der Waals surface area contributed by atoms with Gasteiger partial charge in [0.2, 0.25) is 0 Å². The van der Waals surface area contributed by atoms with Crippen molar-refractivity contribution in [2.45, 2.75) is 57.7 Å². The van der Waals surface area contributed by atoms with Crippen molar-refractivity contribution in [1.82, 2.24) is 4.90 Å². The molecule has 162 valence electrons. The second-order valence-corrected chi connectivity index (χ2v) is 8.77. The normalized spacial score (nSPS) is 15.9. The van der Waals surface area contributed by atoms with Crippen LogP contribution in [0.5, 0.6) is 0 Å². The summed E-state index contributed by atoms with van der Waals surface area (Å²) in [6.07, 6.45) is 5.45. The average molecular weight is 475 g/mol. The van der Waals surface area contributed by atoms with E-state index in [0.29, 0.717) is 28.3 Å². The summed E-state index contributed by atoms with van der Waals surface area (Å²) in [5, 5.41) is 10.3. The quantitative estimate of drug-likeness (QED) is 0.412. The van der Waals surface area contributed by atoms with Crippen LogP contribution < -0.4 is 5.73 Å². The molecule has 5 nitrogen and oxygen atoms in total. The van der Waals surface area contributed by atoms with Crippen molar-refractivity contribution in [2.75, 3.05) is 18.9 Å². The molecule has 1 unspecified atom stereocenters. The SMILES string of the molecule is CCN(Cc1cc(C(=O)OCC(O)c2ccccc2)cc(Br)c1N)C1CCCCC1. The van der Waals surface area contributed by atoms with Gasteiger partial charge in [-0.25, -0.2) is 4.79 Å². The number of rotatable bonds is 8. The fourth-order valence-corrected chi connectivity index (χ4v) is 4.60. The van der Waals surface area contributed by atoms with E-state index in [1.807, 2.05) is 24.3 Å². The highest BCUT2D eigenvalue weighted by atomic mass is 79.9. The third-order valence-corrected chi connectivity index (χ3v) is 6.53. The molecule has 0 spiro atoms. The summed E-state index contributed by atoms with van der Waals surface area (Å²) >= 11 is 3.49. The number of halogens is 1. The number of esters is 1. The summed E-state index contributed by atoms with van der Waals surface area (Å²) in [5.41, 5.74) is 9.05. The molecule has 2 aromatic carbocycles. The van der Waals surface area contributed by atoms with Gasteiger partial charge in [-0.2, -0.15) is 0 Å². The first kappa shape index (κ1) is 22.8. The predicted octanol–water partition coefficient (Wildman–Crippen LogP) is 5.08. The van der Waals surface area contributed by atoms with Gasteiger partial charge in [-0.1, -0.05) is 56.5 Å². The van der Waals surface area contributed by atoms with Crippen LogP contribution in [0.25, 0.3) is 0 Å². The lowest BCUT2D eigenvalue weighted by atomic mass is 9.93. The van der Waals surface area contributed by atoms with Gasteiger partial charge in [0.1, 0.15) is 12.7 Å². The van der Waals surface area contributed by atoms with Gasteiger partial charge in [0, 0.05) is 17.1 Å². The largest absolute Gasteiger partial charge is 0.459 e. The molecule has 1 atom stereocenters. The molecular formula is C24H31BrN2O3. The minimum atomic E-state index is -0.853. The summed E-state index contributed by atoms with van der Waals surface area (Å²) in [7, 11) is 0. The minimum absolute atomic E-state index is 0.0939. The van der Waals surface area contributed by atoms with E-state index < -0.39 is 12.1 Å². The Kier molecular flexibility index (Phi) is 8.31. The van der Waals surface area contributed by atoms with Crippen molar-refractivity contribution in [1.29, 1.82) is 0 Å². The van der Waals surface area contributed by atoms with Crippen LogP contribution in [0, 0.1) is 0 Å². The maximum atomic E-state index is 12.6. The Bertz CT molecular complexity index is 838. The van der Waals surface area contributed by atoms with E-state index in [9.17, 15) is 9.90 Å². The number of carbonyl (C=O) groups is 1. The smallest absolute Gasteiger partial charge is 0.338 e. The van der Waals surface area contributed by atoms with Crippen molar-refractivity contribution >= 4 is 27.6 Å². The van der Waals surface area contributed by atoms with Crippen LogP contribution in [-0.4, -0.2) is 35.2 Å². The topological polar surface area (TPSA) is 75.8 Å². The maximum absolute atomic E-state index is 12.6. The number of hydrogen-bond donors (Lipinski definition) is 2. The number of aliphatic hydroxyl groups is 1.